The van der Waals surface area contributed by atoms with Crippen molar-refractivity contribution in [1.82, 2.24) is 10.3 Å². The molecule has 2 N–H and O–H groups in total. The number of amides is 2. The number of urea groups is 1. The lowest BCUT2D eigenvalue weighted by Gasteiger charge is -2.17. The Balaban J connectivity index is 1.49. The molecular weight excluding hydrogens is 292 g/mol. The molecule has 1 aliphatic heterocycles. The summed E-state index contributed by atoms with van der Waals surface area (Å²) in [5.41, 5.74) is 0.690. The molecule has 2 aromatic heterocycles. The fraction of sp³-hybridized carbons (Fsp3) is 0.412. The van der Waals surface area contributed by atoms with E-state index in [2.05, 4.69) is 20.5 Å². The number of carbonyl (C=O) groups is 1. The van der Waals surface area contributed by atoms with Crippen LogP contribution in [0.15, 0.2) is 41.1 Å². The van der Waals surface area contributed by atoms with Gasteiger partial charge in [0.05, 0.1) is 18.1 Å². The average molecular weight is 314 g/mol. The van der Waals surface area contributed by atoms with E-state index < -0.39 is 0 Å². The van der Waals surface area contributed by atoms with Crippen molar-refractivity contribution >= 4 is 17.5 Å². The van der Waals surface area contributed by atoms with Crippen LogP contribution in [0.1, 0.15) is 25.5 Å². The Morgan fingerprint density at radius 1 is 1.35 bits per heavy atom. The highest BCUT2D eigenvalue weighted by Gasteiger charge is 2.14. The molecule has 122 valence electrons. The summed E-state index contributed by atoms with van der Waals surface area (Å²) in [5, 5.41) is 5.70. The maximum absolute atomic E-state index is 12.0. The molecule has 6 heteroatoms. The van der Waals surface area contributed by atoms with Gasteiger partial charge in [0.2, 0.25) is 0 Å². The third-order valence-electron chi connectivity index (χ3n) is 3.90. The van der Waals surface area contributed by atoms with Gasteiger partial charge in [-0.25, -0.2) is 9.78 Å². The Morgan fingerprint density at radius 3 is 2.83 bits per heavy atom. The predicted octanol–water partition coefficient (Wildman–Crippen LogP) is 3.03. The molecule has 0 aromatic carbocycles. The zero-order chi connectivity index (χ0) is 16.1. The van der Waals surface area contributed by atoms with E-state index in [9.17, 15) is 4.79 Å². The summed E-state index contributed by atoms with van der Waals surface area (Å²) in [5.74, 6) is 1.83. The Labute approximate surface area is 135 Å². The van der Waals surface area contributed by atoms with Crippen molar-refractivity contribution in [1.29, 1.82) is 0 Å². The van der Waals surface area contributed by atoms with Gasteiger partial charge in [0.15, 0.2) is 0 Å². The van der Waals surface area contributed by atoms with E-state index in [1.54, 1.807) is 12.5 Å². The van der Waals surface area contributed by atoms with Crippen LogP contribution >= 0.6 is 0 Å². The molecular formula is C17H22N4O2. The Hall–Kier alpha value is -2.50. The van der Waals surface area contributed by atoms with Crippen molar-refractivity contribution in [2.45, 2.75) is 32.2 Å². The van der Waals surface area contributed by atoms with E-state index >= 15 is 0 Å². The maximum Gasteiger partial charge on any atom is 0.319 e. The van der Waals surface area contributed by atoms with Gasteiger partial charge in [0.1, 0.15) is 11.6 Å². The van der Waals surface area contributed by atoms with Crippen LogP contribution in [0.3, 0.4) is 0 Å². The van der Waals surface area contributed by atoms with Crippen LogP contribution in [0.4, 0.5) is 16.3 Å². The summed E-state index contributed by atoms with van der Waals surface area (Å²) in [6.45, 7) is 4.06. The van der Waals surface area contributed by atoms with Gasteiger partial charge in [-0.1, -0.05) is 0 Å². The first kappa shape index (κ1) is 15.4. The van der Waals surface area contributed by atoms with Crippen molar-refractivity contribution in [2.75, 3.05) is 23.3 Å². The number of pyridine rings is 1. The van der Waals surface area contributed by atoms with Crippen molar-refractivity contribution in [3.8, 4) is 0 Å². The average Bonchev–Trinajstić information content (AvgIpc) is 3.20. The number of carbonyl (C=O) groups excluding carboxylic acids is 1. The van der Waals surface area contributed by atoms with Crippen LogP contribution < -0.4 is 15.5 Å². The molecule has 6 nitrogen and oxygen atoms in total. The summed E-state index contributed by atoms with van der Waals surface area (Å²) in [4.78, 5) is 18.7. The van der Waals surface area contributed by atoms with E-state index in [-0.39, 0.29) is 12.1 Å². The number of rotatable bonds is 5. The van der Waals surface area contributed by atoms with E-state index in [4.69, 9.17) is 4.42 Å². The lowest BCUT2D eigenvalue weighted by Crippen LogP contribution is -2.37. The smallest absolute Gasteiger partial charge is 0.319 e. The van der Waals surface area contributed by atoms with Crippen molar-refractivity contribution in [3.05, 3.63) is 42.5 Å². The zero-order valence-corrected chi connectivity index (χ0v) is 13.3. The van der Waals surface area contributed by atoms with Gasteiger partial charge in [0, 0.05) is 25.6 Å². The molecule has 0 spiro atoms. The highest BCUT2D eigenvalue weighted by Crippen LogP contribution is 2.19. The summed E-state index contributed by atoms with van der Waals surface area (Å²) in [6, 6.07) is 7.33. The fourth-order valence-corrected chi connectivity index (χ4v) is 2.77. The van der Waals surface area contributed by atoms with Crippen molar-refractivity contribution in [2.24, 2.45) is 0 Å². The molecule has 3 rings (SSSR count). The highest BCUT2D eigenvalue weighted by molar-refractivity contribution is 5.89. The summed E-state index contributed by atoms with van der Waals surface area (Å²) in [6.07, 6.45) is 6.43. The van der Waals surface area contributed by atoms with E-state index in [1.807, 2.05) is 31.2 Å². The summed E-state index contributed by atoms with van der Waals surface area (Å²) in [7, 11) is 0. The highest BCUT2D eigenvalue weighted by atomic mass is 16.3. The van der Waals surface area contributed by atoms with E-state index in [1.165, 1.54) is 12.8 Å². The molecule has 1 unspecified atom stereocenters. The monoisotopic (exact) mass is 314 g/mol. The van der Waals surface area contributed by atoms with Crippen molar-refractivity contribution in [3.63, 3.8) is 0 Å². The molecule has 1 aliphatic rings. The molecule has 1 fully saturated rings. The van der Waals surface area contributed by atoms with E-state index in [0.29, 0.717) is 12.1 Å². The number of nitrogens with one attached hydrogen (secondary N) is 2. The number of hydrogen-bond acceptors (Lipinski definition) is 4. The number of aromatic nitrogens is 1. The number of furan rings is 1. The van der Waals surface area contributed by atoms with Crippen LogP contribution in [0, 0.1) is 0 Å². The molecule has 2 amide bonds. The predicted molar refractivity (Wildman–Crippen MR) is 89.7 cm³/mol. The molecule has 23 heavy (non-hydrogen) atoms. The minimum atomic E-state index is -0.236. The topological polar surface area (TPSA) is 70.4 Å². The minimum Gasteiger partial charge on any atom is -0.469 e. The van der Waals surface area contributed by atoms with Crippen LogP contribution in [0.5, 0.6) is 0 Å². The second-order valence-electron chi connectivity index (χ2n) is 5.88. The Morgan fingerprint density at radius 2 is 2.17 bits per heavy atom. The molecule has 1 atom stereocenters. The van der Waals surface area contributed by atoms with E-state index in [0.717, 1.165) is 24.7 Å². The van der Waals surface area contributed by atoms with Gasteiger partial charge in [0.25, 0.3) is 0 Å². The summed E-state index contributed by atoms with van der Waals surface area (Å²) >= 11 is 0. The van der Waals surface area contributed by atoms with Gasteiger partial charge in [-0.3, -0.25) is 0 Å². The zero-order valence-electron chi connectivity index (χ0n) is 13.3. The van der Waals surface area contributed by atoms with Crippen molar-refractivity contribution < 1.29 is 9.21 Å². The summed E-state index contributed by atoms with van der Waals surface area (Å²) < 4.78 is 5.28. The number of anilines is 2. The third-order valence-corrected chi connectivity index (χ3v) is 3.90. The molecule has 0 radical (unpaired) electrons. The first-order valence-corrected chi connectivity index (χ1v) is 8.01. The second-order valence-corrected chi connectivity index (χ2v) is 5.88. The van der Waals surface area contributed by atoms with Gasteiger partial charge in [-0.15, -0.1) is 0 Å². The molecule has 3 heterocycles. The first-order valence-electron chi connectivity index (χ1n) is 8.01. The minimum absolute atomic E-state index is 0.0158. The lowest BCUT2D eigenvalue weighted by molar-refractivity contribution is 0.248. The normalized spacial score (nSPS) is 15.4. The molecule has 0 saturated carbocycles. The molecule has 1 saturated heterocycles. The standard InChI is InChI=1S/C17H22N4O2/c1-13(11-15-5-4-10-23-15)19-17(22)20-14-6-7-16(18-12-14)21-8-2-3-9-21/h4-7,10,12-13H,2-3,8-9,11H2,1H3,(H2,19,20,22). The quantitative estimate of drug-likeness (QED) is 0.890. The van der Waals surface area contributed by atoms with Crippen LogP contribution in [0.25, 0.3) is 0 Å². The maximum atomic E-state index is 12.0. The van der Waals surface area contributed by atoms with Crippen LogP contribution in [0.2, 0.25) is 0 Å². The fourth-order valence-electron chi connectivity index (χ4n) is 2.77. The SMILES string of the molecule is CC(Cc1ccco1)NC(=O)Nc1ccc(N2CCCC2)nc1. The molecule has 2 aromatic rings. The Bertz CT molecular complexity index is 619. The lowest BCUT2D eigenvalue weighted by atomic mass is 10.2. The van der Waals surface area contributed by atoms with Gasteiger partial charge >= 0.3 is 6.03 Å². The number of hydrogen-bond donors (Lipinski definition) is 2. The van der Waals surface area contributed by atoms with Gasteiger partial charge < -0.3 is 20.0 Å². The van der Waals surface area contributed by atoms with Gasteiger partial charge in [-0.2, -0.15) is 0 Å². The van der Waals surface area contributed by atoms with Crippen LogP contribution in [-0.4, -0.2) is 30.1 Å². The first-order chi connectivity index (χ1) is 11.2. The third kappa shape index (κ3) is 4.25. The number of nitrogens with zero attached hydrogens (tertiary/aromatic N) is 2. The molecule has 0 bridgehead atoms. The largest absolute Gasteiger partial charge is 0.469 e. The molecule has 0 aliphatic carbocycles. The van der Waals surface area contributed by atoms with Crippen LogP contribution in [-0.2, 0) is 6.42 Å². The Kier molecular flexibility index (Phi) is 4.80. The second kappa shape index (κ2) is 7.17. The van der Waals surface area contributed by atoms with Gasteiger partial charge in [-0.05, 0) is 44.0 Å².